The van der Waals surface area contributed by atoms with Crippen molar-refractivity contribution in [3.05, 3.63) is 0 Å². The summed E-state index contributed by atoms with van der Waals surface area (Å²) in [6, 6.07) is 0. The van der Waals surface area contributed by atoms with Gasteiger partial charge in [-0.25, -0.2) is 0 Å². The maximum absolute atomic E-state index is 11.5. The van der Waals surface area contributed by atoms with Gasteiger partial charge in [0, 0.05) is 13.0 Å². The minimum absolute atomic E-state index is 0.224. The lowest BCUT2D eigenvalue weighted by Crippen LogP contribution is -2.35. The molecule has 0 aromatic heterocycles. The second-order valence-electron chi connectivity index (χ2n) is 4.93. The normalized spacial score (nSPS) is 18.1. The van der Waals surface area contributed by atoms with E-state index in [0.717, 1.165) is 26.1 Å². The Labute approximate surface area is 93.0 Å². The molecule has 1 aliphatic rings. The van der Waals surface area contributed by atoms with Crippen LogP contribution in [0, 0.1) is 11.8 Å². The Hall–Kier alpha value is -0.570. The van der Waals surface area contributed by atoms with Crippen LogP contribution < -0.4 is 10.6 Å². The second-order valence-corrected chi connectivity index (χ2v) is 4.93. The molecular formula is C12H24N2O. The van der Waals surface area contributed by atoms with Gasteiger partial charge in [0.2, 0.25) is 5.91 Å². The van der Waals surface area contributed by atoms with E-state index < -0.39 is 0 Å². The zero-order valence-electron chi connectivity index (χ0n) is 10.0. The van der Waals surface area contributed by atoms with Crippen LogP contribution >= 0.6 is 0 Å². The molecule has 0 saturated carbocycles. The van der Waals surface area contributed by atoms with Crippen molar-refractivity contribution < 1.29 is 4.79 Å². The molecule has 0 aromatic carbocycles. The monoisotopic (exact) mass is 212 g/mol. The maximum atomic E-state index is 11.5. The molecule has 3 nitrogen and oxygen atoms in total. The lowest BCUT2D eigenvalue weighted by Gasteiger charge is -2.22. The molecular weight excluding hydrogens is 188 g/mol. The van der Waals surface area contributed by atoms with Crippen LogP contribution in [0.3, 0.4) is 0 Å². The summed E-state index contributed by atoms with van der Waals surface area (Å²) in [4.78, 5) is 11.5. The number of carbonyl (C=O) groups excluding carboxylic acids is 1. The number of hydrogen-bond acceptors (Lipinski definition) is 2. The zero-order chi connectivity index (χ0) is 11.1. The topological polar surface area (TPSA) is 41.1 Å². The Morgan fingerprint density at radius 3 is 2.67 bits per heavy atom. The van der Waals surface area contributed by atoms with Gasteiger partial charge in [-0.1, -0.05) is 13.8 Å². The van der Waals surface area contributed by atoms with Gasteiger partial charge in [0.25, 0.3) is 0 Å². The molecule has 15 heavy (non-hydrogen) atoms. The van der Waals surface area contributed by atoms with Crippen LogP contribution in [0.5, 0.6) is 0 Å². The van der Waals surface area contributed by atoms with E-state index in [0.29, 0.717) is 18.3 Å². The van der Waals surface area contributed by atoms with E-state index >= 15 is 0 Å². The first-order valence-electron chi connectivity index (χ1n) is 6.16. The zero-order valence-corrected chi connectivity index (χ0v) is 10.0. The summed E-state index contributed by atoms with van der Waals surface area (Å²) in [6.07, 6.45) is 4.08. The van der Waals surface area contributed by atoms with Crippen LogP contribution in [0.4, 0.5) is 0 Å². The van der Waals surface area contributed by atoms with E-state index in [1.807, 2.05) is 0 Å². The molecule has 3 heteroatoms. The Balaban J connectivity index is 2.05. The molecule has 1 saturated heterocycles. The van der Waals surface area contributed by atoms with Crippen molar-refractivity contribution in [1.29, 1.82) is 0 Å². The molecule has 0 bridgehead atoms. The molecule has 1 rings (SSSR count). The Bertz CT molecular complexity index is 186. The van der Waals surface area contributed by atoms with Gasteiger partial charge in [-0.15, -0.1) is 0 Å². The summed E-state index contributed by atoms with van der Waals surface area (Å²) in [5.41, 5.74) is 0. The maximum Gasteiger partial charge on any atom is 0.220 e. The SMILES string of the molecule is CC(C)CCC(=O)NCC1CCNCC1. The molecule has 0 aliphatic carbocycles. The number of nitrogens with one attached hydrogen (secondary N) is 2. The van der Waals surface area contributed by atoms with Crippen LogP contribution in [-0.2, 0) is 4.79 Å². The van der Waals surface area contributed by atoms with Crippen molar-refractivity contribution in [2.24, 2.45) is 11.8 Å². The molecule has 1 fully saturated rings. The largest absolute Gasteiger partial charge is 0.356 e. The van der Waals surface area contributed by atoms with Crippen molar-refractivity contribution in [1.82, 2.24) is 10.6 Å². The van der Waals surface area contributed by atoms with Crippen LogP contribution in [0.25, 0.3) is 0 Å². The number of amides is 1. The average Bonchev–Trinajstić information content (AvgIpc) is 2.25. The summed E-state index contributed by atoms with van der Waals surface area (Å²) in [5, 5.41) is 6.37. The Kier molecular flexibility index (Phi) is 5.69. The van der Waals surface area contributed by atoms with Gasteiger partial charge >= 0.3 is 0 Å². The molecule has 1 aliphatic heterocycles. The fourth-order valence-corrected chi connectivity index (χ4v) is 1.85. The summed E-state index contributed by atoms with van der Waals surface area (Å²) in [6.45, 7) is 7.39. The van der Waals surface area contributed by atoms with Crippen molar-refractivity contribution >= 4 is 5.91 Å². The first-order chi connectivity index (χ1) is 7.18. The molecule has 0 radical (unpaired) electrons. The number of carbonyl (C=O) groups is 1. The lowest BCUT2D eigenvalue weighted by molar-refractivity contribution is -0.121. The van der Waals surface area contributed by atoms with E-state index in [9.17, 15) is 4.79 Å². The third-order valence-electron chi connectivity index (χ3n) is 3.00. The molecule has 1 amide bonds. The first kappa shape index (κ1) is 12.5. The standard InChI is InChI=1S/C12H24N2O/c1-10(2)3-4-12(15)14-9-11-5-7-13-8-6-11/h10-11,13H,3-9H2,1-2H3,(H,14,15). The molecule has 0 unspecified atom stereocenters. The van der Waals surface area contributed by atoms with Gasteiger partial charge < -0.3 is 10.6 Å². The highest BCUT2D eigenvalue weighted by Crippen LogP contribution is 2.10. The molecule has 0 aromatic rings. The smallest absolute Gasteiger partial charge is 0.220 e. The van der Waals surface area contributed by atoms with E-state index in [4.69, 9.17) is 0 Å². The molecule has 1 heterocycles. The fourth-order valence-electron chi connectivity index (χ4n) is 1.85. The van der Waals surface area contributed by atoms with Crippen molar-refractivity contribution in [3.63, 3.8) is 0 Å². The molecule has 0 atom stereocenters. The van der Waals surface area contributed by atoms with Crippen LogP contribution in [0.15, 0.2) is 0 Å². The van der Waals surface area contributed by atoms with Gasteiger partial charge in [-0.05, 0) is 44.2 Å². The minimum atomic E-state index is 0.224. The number of piperidine rings is 1. The van der Waals surface area contributed by atoms with Crippen molar-refractivity contribution in [2.45, 2.75) is 39.5 Å². The van der Waals surface area contributed by atoms with Gasteiger partial charge in [-0.3, -0.25) is 4.79 Å². The molecule has 2 N–H and O–H groups in total. The van der Waals surface area contributed by atoms with Crippen molar-refractivity contribution in [3.8, 4) is 0 Å². The summed E-state index contributed by atoms with van der Waals surface area (Å²) >= 11 is 0. The van der Waals surface area contributed by atoms with Crippen LogP contribution in [0.1, 0.15) is 39.5 Å². The van der Waals surface area contributed by atoms with Gasteiger partial charge in [0.05, 0.1) is 0 Å². The van der Waals surface area contributed by atoms with Crippen LogP contribution in [0.2, 0.25) is 0 Å². The highest BCUT2D eigenvalue weighted by atomic mass is 16.1. The number of hydrogen-bond donors (Lipinski definition) is 2. The summed E-state index contributed by atoms with van der Waals surface area (Å²) < 4.78 is 0. The van der Waals surface area contributed by atoms with Crippen LogP contribution in [-0.4, -0.2) is 25.5 Å². The third-order valence-corrected chi connectivity index (χ3v) is 3.00. The first-order valence-corrected chi connectivity index (χ1v) is 6.16. The van der Waals surface area contributed by atoms with E-state index in [2.05, 4.69) is 24.5 Å². The van der Waals surface area contributed by atoms with Crippen molar-refractivity contribution in [2.75, 3.05) is 19.6 Å². The Morgan fingerprint density at radius 1 is 1.40 bits per heavy atom. The molecule has 88 valence electrons. The second kappa shape index (κ2) is 6.83. The minimum Gasteiger partial charge on any atom is -0.356 e. The van der Waals surface area contributed by atoms with Gasteiger partial charge in [0.15, 0.2) is 0 Å². The fraction of sp³-hybridized carbons (Fsp3) is 0.917. The predicted octanol–water partition coefficient (Wildman–Crippen LogP) is 1.54. The Morgan fingerprint density at radius 2 is 2.07 bits per heavy atom. The van der Waals surface area contributed by atoms with E-state index in [1.54, 1.807) is 0 Å². The predicted molar refractivity (Wildman–Crippen MR) is 62.7 cm³/mol. The lowest BCUT2D eigenvalue weighted by atomic mass is 9.98. The summed E-state index contributed by atoms with van der Waals surface area (Å²) in [7, 11) is 0. The summed E-state index contributed by atoms with van der Waals surface area (Å²) in [5.74, 6) is 1.53. The van der Waals surface area contributed by atoms with E-state index in [1.165, 1.54) is 12.8 Å². The molecule has 0 spiro atoms. The van der Waals surface area contributed by atoms with Gasteiger partial charge in [0.1, 0.15) is 0 Å². The number of rotatable bonds is 5. The van der Waals surface area contributed by atoms with E-state index in [-0.39, 0.29) is 5.91 Å². The average molecular weight is 212 g/mol. The highest BCUT2D eigenvalue weighted by Gasteiger charge is 2.13. The third kappa shape index (κ3) is 5.78. The highest BCUT2D eigenvalue weighted by molar-refractivity contribution is 5.75. The quantitative estimate of drug-likeness (QED) is 0.726. The van der Waals surface area contributed by atoms with Gasteiger partial charge in [-0.2, -0.15) is 0 Å².